The maximum absolute atomic E-state index is 12.6. The van der Waals surface area contributed by atoms with E-state index in [0.29, 0.717) is 12.2 Å². The van der Waals surface area contributed by atoms with Gasteiger partial charge in [0.2, 0.25) is 0 Å². The van der Waals surface area contributed by atoms with Gasteiger partial charge in [0.05, 0.1) is 24.1 Å². The molecule has 7 heteroatoms. The average Bonchev–Trinajstić information content (AvgIpc) is 3.30. The molecular weight excluding hydrogens is 398 g/mol. The van der Waals surface area contributed by atoms with Gasteiger partial charge < -0.3 is 19.4 Å². The Hall–Kier alpha value is -2.80. The molecule has 0 atom stereocenters. The minimum Gasteiger partial charge on any atom is -0.497 e. The average molecular weight is 428 g/mol. The fourth-order valence-electron chi connectivity index (χ4n) is 3.37. The molecule has 0 aliphatic heterocycles. The zero-order chi connectivity index (χ0) is 21.8. The summed E-state index contributed by atoms with van der Waals surface area (Å²) in [5, 5.41) is 5.88. The fourth-order valence-corrected chi connectivity index (χ4v) is 4.06. The highest BCUT2D eigenvalue weighted by molar-refractivity contribution is 7.09. The number of carbonyl (C=O) groups excluding carboxylic acids is 1. The van der Waals surface area contributed by atoms with E-state index in [4.69, 9.17) is 14.5 Å². The molecule has 1 amide bonds. The molecule has 1 N–H and O–H groups in total. The molecule has 0 fully saturated rings. The number of aromatic nitrogens is 2. The molecule has 2 heterocycles. The van der Waals surface area contributed by atoms with Crippen LogP contribution in [0.3, 0.4) is 0 Å². The van der Waals surface area contributed by atoms with Crippen molar-refractivity contribution in [3.8, 4) is 22.9 Å². The maximum atomic E-state index is 12.6. The molecule has 3 rings (SSSR count). The second-order valence-corrected chi connectivity index (χ2v) is 8.65. The van der Waals surface area contributed by atoms with Crippen LogP contribution in [0.4, 0.5) is 0 Å². The lowest BCUT2D eigenvalue weighted by molar-refractivity contribution is 0.0942. The summed E-state index contributed by atoms with van der Waals surface area (Å²) in [6.45, 7) is 10.5. The van der Waals surface area contributed by atoms with Crippen LogP contribution in [-0.2, 0) is 6.61 Å². The molecule has 3 aromatic rings. The molecule has 0 saturated carbocycles. The topological polar surface area (TPSA) is 65.4 Å². The Bertz CT molecular complexity index is 1000. The molecule has 0 radical (unpaired) electrons. The van der Waals surface area contributed by atoms with Crippen LogP contribution in [0.5, 0.6) is 11.5 Å². The van der Waals surface area contributed by atoms with Crippen LogP contribution in [0.15, 0.2) is 35.7 Å². The number of rotatable bonds is 8. The van der Waals surface area contributed by atoms with Gasteiger partial charge in [-0.2, -0.15) is 0 Å². The van der Waals surface area contributed by atoms with Gasteiger partial charge >= 0.3 is 0 Å². The van der Waals surface area contributed by atoms with Gasteiger partial charge in [0, 0.05) is 23.2 Å². The van der Waals surface area contributed by atoms with Crippen LogP contribution in [0.25, 0.3) is 11.4 Å². The number of nitrogens with one attached hydrogen (secondary N) is 1. The van der Waals surface area contributed by atoms with Gasteiger partial charge in [0.25, 0.3) is 5.91 Å². The smallest absolute Gasteiger partial charge is 0.253 e. The first-order valence-corrected chi connectivity index (χ1v) is 10.9. The van der Waals surface area contributed by atoms with Gasteiger partial charge in [-0.1, -0.05) is 0 Å². The largest absolute Gasteiger partial charge is 0.497 e. The van der Waals surface area contributed by atoms with Crippen LogP contribution < -0.4 is 14.8 Å². The van der Waals surface area contributed by atoms with E-state index in [1.54, 1.807) is 18.4 Å². The van der Waals surface area contributed by atoms with E-state index in [1.807, 2.05) is 56.5 Å². The lowest BCUT2D eigenvalue weighted by atomic mass is 10.2. The summed E-state index contributed by atoms with van der Waals surface area (Å²) in [6, 6.07) is 9.72. The van der Waals surface area contributed by atoms with Crippen LogP contribution in [0.1, 0.15) is 54.8 Å². The summed E-state index contributed by atoms with van der Waals surface area (Å²) < 4.78 is 13.2. The highest BCUT2D eigenvalue weighted by atomic mass is 32.1. The first kappa shape index (κ1) is 21.9. The summed E-state index contributed by atoms with van der Waals surface area (Å²) in [7, 11) is 1.64. The lowest BCUT2D eigenvalue weighted by Gasteiger charge is -2.15. The minimum absolute atomic E-state index is 0.0542. The van der Waals surface area contributed by atoms with Crippen LogP contribution in [-0.4, -0.2) is 28.6 Å². The van der Waals surface area contributed by atoms with Crippen molar-refractivity contribution in [2.45, 2.75) is 53.3 Å². The van der Waals surface area contributed by atoms with E-state index in [9.17, 15) is 4.79 Å². The summed E-state index contributed by atoms with van der Waals surface area (Å²) in [5.41, 5.74) is 3.44. The Balaban J connectivity index is 1.81. The van der Waals surface area contributed by atoms with Crippen molar-refractivity contribution >= 4 is 17.2 Å². The van der Waals surface area contributed by atoms with Crippen molar-refractivity contribution in [1.29, 1.82) is 0 Å². The van der Waals surface area contributed by atoms with Crippen molar-refractivity contribution in [2.75, 3.05) is 7.11 Å². The molecule has 0 spiro atoms. The molecule has 2 aromatic heterocycles. The number of carbonyl (C=O) groups is 1. The van der Waals surface area contributed by atoms with E-state index in [-0.39, 0.29) is 18.0 Å². The predicted octanol–water partition coefficient (Wildman–Crippen LogP) is 5.23. The molecule has 0 aliphatic carbocycles. The minimum atomic E-state index is -0.0542. The Morgan fingerprint density at radius 2 is 1.83 bits per heavy atom. The third-order valence-electron chi connectivity index (χ3n) is 4.71. The van der Waals surface area contributed by atoms with E-state index in [1.165, 1.54) is 0 Å². The number of hydrogen-bond donors (Lipinski definition) is 1. The molecule has 0 saturated heterocycles. The molecule has 30 heavy (non-hydrogen) atoms. The first-order valence-electron chi connectivity index (χ1n) is 10.0. The Kier molecular flexibility index (Phi) is 6.82. The number of thiazole rings is 1. The standard InChI is InChI=1S/C23H29N3O3S/c1-14(2)24-23(27)19-11-21(26(15(3)4)16(19)5)20-13-30-22(25-20)12-29-18-9-7-17(28-6)8-10-18/h7-11,13-15H,12H2,1-6H3,(H,24,27). The highest BCUT2D eigenvalue weighted by Gasteiger charge is 2.21. The van der Waals surface area contributed by atoms with Gasteiger partial charge in [-0.15, -0.1) is 11.3 Å². The van der Waals surface area contributed by atoms with Crippen LogP contribution in [0.2, 0.25) is 0 Å². The molecule has 0 bridgehead atoms. The van der Waals surface area contributed by atoms with Crippen LogP contribution in [0, 0.1) is 6.92 Å². The summed E-state index contributed by atoms with van der Waals surface area (Å²) in [6.07, 6.45) is 0. The zero-order valence-corrected chi connectivity index (χ0v) is 19.2. The predicted molar refractivity (Wildman–Crippen MR) is 121 cm³/mol. The monoisotopic (exact) mass is 427 g/mol. The van der Waals surface area contributed by atoms with Crippen LogP contribution >= 0.6 is 11.3 Å². The van der Waals surface area contributed by atoms with Gasteiger partial charge in [-0.3, -0.25) is 4.79 Å². The van der Waals surface area contributed by atoms with E-state index in [0.717, 1.165) is 33.6 Å². The Morgan fingerprint density at radius 3 is 2.43 bits per heavy atom. The summed E-state index contributed by atoms with van der Waals surface area (Å²) in [5.74, 6) is 1.50. The van der Waals surface area contributed by atoms with Gasteiger partial charge in [0.15, 0.2) is 0 Å². The molecule has 0 aliphatic rings. The van der Waals surface area contributed by atoms with Crippen molar-refractivity contribution in [2.24, 2.45) is 0 Å². The van der Waals surface area contributed by atoms with Crippen molar-refractivity contribution in [1.82, 2.24) is 14.9 Å². The van der Waals surface area contributed by atoms with Gasteiger partial charge in [-0.05, 0) is 65.0 Å². The maximum Gasteiger partial charge on any atom is 0.253 e. The van der Waals surface area contributed by atoms with E-state index < -0.39 is 0 Å². The fraction of sp³-hybridized carbons (Fsp3) is 0.391. The number of nitrogens with zero attached hydrogens (tertiary/aromatic N) is 2. The van der Waals surface area contributed by atoms with E-state index in [2.05, 4.69) is 23.7 Å². The van der Waals surface area contributed by atoms with Gasteiger partial charge in [-0.25, -0.2) is 4.98 Å². The van der Waals surface area contributed by atoms with Gasteiger partial charge in [0.1, 0.15) is 23.1 Å². The van der Waals surface area contributed by atoms with E-state index >= 15 is 0 Å². The number of benzene rings is 1. The quantitative estimate of drug-likeness (QED) is 0.535. The van der Waals surface area contributed by atoms with Crippen molar-refractivity contribution in [3.63, 3.8) is 0 Å². The SMILES string of the molecule is COc1ccc(OCc2nc(-c3cc(C(=O)NC(C)C)c(C)n3C(C)C)cs2)cc1. The first-order chi connectivity index (χ1) is 14.3. The highest BCUT2D eigenvalue weighted by Crippen LogP contribution is 2.31. The Labute approximate surface area is 181 Å². The van der Waals surface area contributed by atoms with Crippen molar-refractivity contribution < 1.29 is 14.3 Å². The Morgan fingerprint density at radius 1 is 1.17 bits per heavy atom. The second-order valence-electron chi connectivity index (χ2n) is 7.71. The summed E-state index contributed by atoms with van der Waals surface area (Å²) in [4.78, 5) is 17.4. The lowest BCUT2D eigenvalue weighted by Crippen LogP contribution is -2.30. The van der Waals surface area contributed by atoms with Crippen molar-refractivity contribution in [3.05, 3.63) is 52.0 Å². The number of hydrogen-bond acceptors (Lipinski definition) is 5. The second kappa shape index (κ2) is 9.34. The molecule has 160 valence electrons. The summed E-state index contributed by atoms with van der Waals surface area (Å²) >= 11 is 1.55. The zero-order valence-electron chi connectivity index (χ0n) is 18.4. The number of amides is 1. The number of ether oxygens (including phenoxy) is 2. The third-order valence-corrected chi connectivity index (χ3v) is 5.53. The number of methoxy groups -OCH3 is 1. The normalized spacial score (nSPS) is 11.2. The third kappa shape index (κ3) is 4.84. The molecule has 1 aromatic carbocycles. The molecule has 6 nitrogen and oxygen atoms in total. The molecular formula is C23H29N3O3S. The molecule has 0 unspecified atom stereocenters.